The third kappa shape index (κ3) is 5.10. The molecule has 34 heavy (non-hydrogen) atoms. The topological polar surface area (TPSA) is 92.5 Å². The normalized spacial score (nSPS) is 17.2. The molecule has 1 N–H and O–H groups in total. The summed E-state index contributed by atoms with van der Waals surface area (Å²) in [6.07, 6.45) is 4.37. The SMILES string of the molecule is Cc1ccc(/C=C/c2onc(C)c2S(=O)(=O)N2CCCC(C(=O)Nc3ccccc3F)C2)cc1. The first kappa shape index (κ1) is 23.8. The Kier molecular flexibility index (Phi) is 6.95. The van der Waals surface area contributed by atoms with Crippen LogP contribution >= 0.6 is 0 Å². The number of amides is 1. The number of piperidine rings is 1. The second-order valence-corrected chi connectivity index (χ2v) is 10.3. The Morgan fingerprint density at radius 1 is 1.15 bits per heavy atom. The average Bonchev–Trinajstić information content (AvgIpc) is 3.21. The largest absolute Gasteiger partial charge is 0.355 e. The maximum atomic E-state index is 13.9. The quantitative estimate of drug-likeness (QED) is 0.551. The molecule has 1 fully saturated rings. The van der Waals surface area contributed by atoms with E-state index in [1.807, 2.05) is 31.2 Å². The van der Waals surface area contributed by atoms with Gasteiger partial charge in [-0.3, -0.25) is 4.79 Å². The van der Waals surface area contributed by atoms with E-state index < -0.39 is 27.7 Å². The van der Waals surface area contributed by atoms with Gasteiger partial charge in [0.2, 0.25) is 15.9 Å². The number of carbonyl (C=O) groups excluding carboxylic acids is 1. The molecule has 7 nitrogen and oxygen atoms in total. The van der Waals surface area contributed by atoms with Crippen LogP contribution in [0.25, 0.3) is 12.2 Å². The number of carbonyl (C=O) groups is 1. The van der Waals surface area contributed by atoms with Crippen LogP contribution in [0, 0.1) is 25.6 Å². The Morgan fingerprint density at radius 3 is 2.62 bits per heavy atom. The third-order valence-corrected chi connectivity index (χ3v) is 7.85. The number of rotatable bonds is 6. The van der Waals surface area contributed by atoms with Crippen LogP contribution in [-0.2, 0) is 14.8 Å². The molecule has 1 aromatic heterocycles. The number of para-hydroxylation sites is 1. The Morgan fingerprint density at radius 2 is 1.88 bits per heavy atom. The van der Waals surface area contributed by atoms with Gasteiger partial charge in [-0.15, -0.1) is 0 Å². The van der Waals surface area contributed by atoms with Crippen molar-refractivity contribution in [2.45, 2.75) is 31.6 Å². The van der Waals surface area contributed by atoms with Crippen molar-refractivity contribution in [1.82, 2.24) is 9.46 Å². The molecule has 0 spiro atoms. The zero-order valence-electron chi connectivity index (χ0n) is 19.0. The highest BCUT2D eigenvalue weighted by Crippen LogP contribution is 2.30. The Hall–Kier alpha value is -3.30. The van der Waals surface area contributed by atoms with Gasteiger partial charge in [0.05, 0.1) is 11.6 Å². The molecule has 0 bridgehead atoms. The van der Waals surface area contributed by atoms with Crippen molar-refractivity contribution in [3.05, 3.63) is 76.9 Å². The van der Waals surface area contributed by atoms with E-state index in [9.17, 15) is 17.6 Å². The predicted molar refractivity (Wildman–Crippen MR) is 128 cm³/mol. The maximum Gasteiger partial charge on any atom is 0.248 e. The number of aryl methyl sites for hydroxylation is 2. The molecule has 1 saturated heterocycles. The van der Waals surface area contributed by atoms with Crippen molar-refractivity contribution in [3.63, 3.8) is 0 Å². The predicted octanol–water partition coefficient (Wildman–Crippen LogP) is 4.64. The van der Waals surface area contributed by atoms with Crippen molar-refractivity contribution in [3.8, 4) is 0 Å². The van der Waals surface area contributed by atoms with Crippen LogP contribution in [0.1, 0.15) is 35.4 Å². The molecular weight excluding hydrogens is 457 g/mol. The van der Waals surface area contributed by atoms with Gasteiger partial charge in [0.15, 0.2) is 10.7 Å². The van der Waals surface area contributed by atoms with E-state index >= 15 is 0 Å². The highest BCUT2D eigenvalue weighted by Gasteiger charge is 2.37. The van der Waals surface area contributed by atoms with Crippen molar-refractivity contribution in [1.29, 1.82) is 0 Å². The minimum absolute atomic E-state index is 0.00560. The van der Waals surface area contributed by atoms with E-state index in [0.717, 1.165) is 11.1 Å². The van der Waals surface area contributed by atoms with Crippen LogP contribution in [0.5, 0.6) is 0 Å². The van der Waals surface area contributed by atoms with Gasteiger partial charge in [0, 0.05) is 13.1 Å². The van der Waals surface area contributed by atoms with Crippen LogP contribution in [0.2, 0.25) is 0 Å². The fourth-order valence-corrected chi connectivity index (χ4v) is 5.72. The van der Waals surface area contributed by atoms with Crippen LogP contribution in [0.4, 0.5) is 10.1 Å². The van der Waals surface area contributed by atoms with Crippen molar-refractivity contribution in [2.24, 2.45) is 5.92 Å². The summed E-state index contributed by atoms with van der Waals surface area (Å²) in [5.74, 6) is -1.42. The number of hydrogen-bond acceptors (Lipinski definition) is 5. The lowest BCUT2D eigenvalue weighted by Crippen LogP contribution is -2.44. The summed E-state index contributed by atoms with van der Waals surface area (Å²) in [4.78, 5) is 12.7. The summed E-state index contributed by atoms with van der Waals surface area (Å²) in [6, 6.07) is 13.7. The first-order valence-electron chi connectivity index (χ1n) is 11.0. The van der Waals surface area contributed by atoms with Gasteiger partial charge in [0.25, 0.3) is 0 Å². The average molecular weight is 484 g/mol. The standard InChI is InChI=1S/C25H26FN3O4S/c1-17-9-11-19(12-10-17)13-14-23-24(18(2)28-33-23)34(31,32)29-15-5-6-20(16-29)25(30)27-22-8-4-3-7-21(22)26/h3-4,7-14,20H,5-6,15-16H2,1-2H3,(H,27,30)/b14-13+. The zero-order chi connectivity index (χ0) is 24.3. The number of halogens is 1. The molecule has 1 aliphatic heterocycles. The number of nitrogens with zero attached hydrogens (tertiary/aromatic N) is 2. The first-order valence-corrected chi connectivity index (χ1v) is 12.5. The van der Waals surface area contributed by atoms with E-state index in [-0.39, 0.29) is 35.1 Å². The van der Waals surface area contributed by atoms with Crippen LogP contribution < -0.4 is 5.32 Å². The molecule has 0 saturated carbocycles. The summed E-state index contributed by atoms with van der Waals surface area (Å²) in [5.41, 5.74) is 2.34. The van der Waals surface area contributed by atoms with E-state index in [1.165, 1.54) is 22.5 Å². The summed E-state index contributed by atoms with van der Waals surface area (Å²) < 4.78 is 47.6. The smallest absolute Gasteiger partial charge is 0.248 e. The lowest BCUT2D eigenvalue weighted by molar-refractivity contribution is -0.120. The number of nitrogens with one attached hydrogen (secondary N) is 1. The molecule has 0 aliphatic carbocycles. The molecule has 2 heterocycles. The molecule has 178 valence electrons. The Labute approximate surface area is 198 Å². The van der Waals surface area contributed by atoms with Crippen LogP contribution in [-0.4, -0.2) is 36.9 Å². The summed E-state index contributed by atoms with van der Waals surface area (Å²) in [5, 5.41) is 6.45. The van der Waals surface area contributed by atoms with Crippen molar-refractivity contribution < 1.29 is 22.1 Å². The van der Waals surface area contributed by atoms with Gasteiger partial charge in [-0.05, 0) is 50.5 Å². The van der Waals surface area contributed by atoms with Crippen LogP contribution in [0.15, 0.2) is 57.9 Å². The molecule has 1 aliphatic rings. The molecule has 9 heteroatoms. The Balaban J connectivity index is 1.54. The van der Waals surface area contributed by atoms with Gasteiger partial charge in [0.1, 0.15) is 11.5 Å². The van der Waals surface area contributed by atoms with E-state index in [4.69, 9.17) is 4.52 Å². The van der Waals surface area contributed by atoms with Gasteiger partial charge < -0.3 is 9.84 Å². The van der Waals surface area contributed by atoms with E-state index in [0.29, 0.717) is 12.8 Å². The first-order chi connectivity index (χ1) is 16.3. The number of benzene rings is 2. The highest BCUT2D eigenvalue weighted by atomic mass is 32.2. The second kappa shape index (κ2) is 9.90. The molecule has 1 amide bonds. The Bertz CT molecular complexity index is 1320. The minimum atomic E-state index is -3.97. The monoisotopic (exact) mass is 483 g/mol. The number of hydrogen-bond donors (Lipinski definition) is 1. The molecule has 1 unspecified atom stereocenters. The lowest BCUT2D eigenvalue weighted by Gasteiger charge is -2.31. The number of sulfonamides is 1. The van der Waals surface area contributed by atoms with Crippen LogP contribution in [0.3, 0.4) is 0 Å². The molecule has 0 radical (unpaired) electrons. The zero-order valence-corrected chi connectivity index (χ0v) is 19.8. The fraction of sp³-hybridized carbons (Fsp3) is 0.280. The van der Waals surface area contributed by atoms with E-state index in [1.54, 1.807) is 25.1 Å². The van der Waals surface area contributed by atoms with E-state index in [2.05, 4.69) is 10.5 Å². The third-order valence-electron chi connectivity index (χ3n) is 5.82. The molecule has 3 aromatic rings. The van der Waals surface area contributed by atoms with Gasteiger partial charge in [-0.25, -0.2) is 12.8 Å². The maximum absolute atomic E-state index is 13.9. The van der Waals surface area contributed by atoms with Crippen molar-refractivity contribution in [2.75, 3.05) is 18.4 Å². The molecule has 4 rings (SSSR count). The lowest BCUT2D eigenvalue weighted by atomic mass is 9.98. The summed E-state index contributed by atoms with van der Waals surface area (Å²) >= 11 is 0. The number of aromatic nitrogens is 1. The van der Waals surface area contributed by atoms with Crippen molar-refractivity contribution >= 4 is 33.8 Å². The van der Waals surface area contributed by atoms with Gasteiger partial charge >= 0.3 is 0 Å². The van der Waals surface area contributed by atoms with Gasteiger partial charge in [-0.1, -0.05) is 53.2 Å². The number of anilines is 1. The highest BCUT2D eigenvalue weighted by molar-refractivity contribution is 7.89. The molecular formula is C25H26FN3O4S. The van der Waals surface area contributed by atoms with Gasteiger partial charge in [-0.2, -0.15) is 4.31 Å². The second-order valence-electron chi connectivity index (χ2n) is 8.38. The molecule has 1 atom stereocenters. The fourth-order valence-electron chi connectivity index (χ4n) is 3.95. The minimum Gasteiger partial charge on any atom is -0.355 e. The summed E-state index contributed by atoms with van der Waals surface area (Å²) in [6.45, 7) is 3.83. The summed E-state index contributed by atoms with van der Waals surface area (Å²) in [7, 11) is -3.97. The molecule has 2 aromatic carbocycles.